The molecule has 4 heteroatoms. The maximum Gasteiger partial charge on any atom is 0.138 e. The van der Waals surface area contributed by atoms with Gasteiger partial charge in [0, 0.05) is 11.6 Å². The minimum absolute atomic E-state index is 0. The van der Waals surface area contributed by atoms with Gasteiger partial charge < -0.3 is 10.8 Å². The molecule has 1 atom stereocenters. The minimum atomic E-state index is -0.240. The third-order valence-electron chi connectivity index (χ3n) is 1.84. The van der Waals surface area contributed by atoms with Gasteiger partial charge in [-0.3, -0.25) is 0 Å². The van der Waals surface area contributed by atoms with Crippen molar-refractivity contribution in [2.75, 3.05) is 0 Å². The van der Waals surface area contributed by atoms with Crippen LogP contribution in [0.15, 0.2) is 30.9 Å². The molecule has 14 heavy (non-hydrogen) atoms. The number of benzene rings is 1. The van der Waals surface area contributed by atoms with Crippen LogP contribution >= 0.6 is 24.0 Å². The summed E-state index contributed by atoms with van der Waals surface area (Å²) in [6, 6.07) is 4.91. The fourth-order valence-electron chi connectivity index (χ4n) is 1.14. The van der Waals surface area contributed by atoms with Crippen molar-refractivity contribution in [3.05, 3.63) is 41.4 Å². The molecular formula is C10H13Cl2NO. The first-order valence-corrected chi connectivity index (χ1v) is 4.38. The van der Waals surface area contributed by atoms with Crippen molar-refractivity contribution in [3.8, 4) is 5.75 Å². The molecule has 0 spiro atoms. The van der Waals surface area contributed by atoms with Gasteiger partial charge in [0.15, 0.2) is 0 Å². The highest BCUT2D eigenvalue weighted by molar-refractivity contribution is 6.32. The van der Waals surface area contributed by atoms with Gasteiger partial charge in [0.2, 0.25) is 0 Å². The van der Waals surface area contributed by atoms with Crippen LogP contribution in [0.3, 0.4) is 0 Å². The van der Waals surface area contributed by atoms with Crippen LogP contribution < -0.4 is 5.73 Å². The zero-order valence-electron chi connectivity index (χ0n) is 7.61. The van der Waals surface area contributed by atoms with Crippen LogP contribution in [0.1, 0.15) is 18.0 Å². The van der Waals surface area contributed by atoms with Crippen LogP contribution in [0.4, 0.5) is 0 Å². The fraction of sp³-hybridized carbons (Fsp3) is 0.200. The number of phenolic OH excluding ortho intramolecular Hbond substituents is 1. The lowest BCUT2D eigenvalue weighted by molar-refractivity contribution is 0.462. The number of aromatic hydroxyl groups is 1. The molecule has 0 aromatic heterocycles. The first-order chi connectivity index (χ1) is 6.16. The number of para-hydroxylation sites is 1. The summed E-state index contributed by atoms with van der Waals surface area (Å²) in [5.74, 6) is 0.0681. The minimum Gasteiger partial charge on any atom is -0.506 e. The topological polar surface area (TPSA) is 46.2 Å². The van der Waals surface area contributed by atoms with Gasteiger partial charge in [0.25, 0.3) is 0 Å². The fourth-order valence-corrected chi connectivity index (χ4v) is 1.32. The summed E-state index contributed by atoms with van der Waals surface area (Å²) < 4.78 is 0. The highest BCUT2D eigenvalue weighted by Gasteiger charge is 2.10. The smallest absolute Gasteiger partial charge is 0.138 e. The van der Waals surface area contributed by atoms with E-state index in [-0.39, 0.29) is 24.2 Å². The third-order valence-corrected chi connectivity index (χ3v) is 2.14. The average Bonchev–Trinajstić information content (AvgIpc) is 2.10. The Balaban J connectivity index is 0.00000169. The lowest BCUT2D eigenvalue weighted by Gasteiger charge is -2.11. The van der Waals surface area contributed by atoms with Gasteiger partial charge in [0.05, 0.1) is 5.02 Å². The molecule has 0 fully saturated rings. The molecule has 0 unspecified atom stereocenters. The molecule has 2 nitrogen and oxygen atoms in total. The number of rotatable bonds is 3. The Kier molecular flexibility index (Phi) is 5.62. The molecule has 0 radical (unpaired) electrons. The molecule has 0 aliphatic carbocycles. The first-order valence-electron chi connectivity index (χ1n) is 4.00. The van der Waals surface area contributed by atoms with E-state index >= 15 is 0 Å². The number of halogens is 2. The van der Waals surface area contributed by atoms with E-state index in [2.05, 4.69) is 6.58 Å². The van der Waals surface area contributed by atoms with E-state index in [0.29, 0.717) is 17.0 Å². The van der Waals surface area contributed by atoms with Crippen molar-refractivity contribution < 1.29 is 5.11 Å². The average molecular weight is 234 g/mol. The van der Waals surface area contributed by atoms with Gasteiger partial charge in [-0.2, -0.15) is 0 Å². The number of phenols is 1. The summed E-state index contributed by atoms with van der Waals surface area (Å²) >= 11 is 5.73. The normalized spacial score (nSPS) is 11.6. The van der Waals surface area contributed by atoms with Gasteiger partial charge in [0.1, 0.15) is 5.75 Å². The molecule has 0 saturated carbocycles. The van der Waals surface area contributed by atoms with Gasteiger partial charge in [-0.25, -0.2) is 0 Å². The van der Waals surface area contributed by atoms with Gasteiger partial charge in [-0.1, -0.05) is 29.8 Å². The second kappa shape index (κ2) is 5.91. The van der Waals surface area contributed by atoms with E-state index < -0.39 is 0 Å². The zero-order chi connectivity index (χ0) is 9.84. The molecular weight excluding hydrogens is 221 g/mol. The summed E-state index contributed by atoms with van der Waals surface area (Å²) in [6.07, 6.45) is 2.33. The predicted octanol–water partition coefficient (Wildman–Crippen LogP) is 3.04. The van der Waals surface area contributed by atoms with Crippen molar-refractivity contribution in [3.63, 3.8) is 0 Å². The molecule has 0 aliphatic rings. The number of hydrogen-bond donors (Lipinski definition) is 2. The van der Waals surface area contributed by atoms with Gasteiger partial charge in [-0.05, 0) is 12.5 Å². The summed E-state index contributed by atoms with van der Waals surface area (Å²) in [4.78, 5) is 0. The van der Waals surface area contributed by atoms with E-state index in [9.17, 15) is 5.11 Å². The molecule has 78 valence electrons. The molecule has 1 aromatic carbocycles. The Morgan fingerprint density at radius 3 is 2.79 bits per heavy atom. The van der Waals surface area contributed by atoms with Crippen molar-refractivity contribution in [1.82, 2.24) is 0 Å². The van der Waals surface area contributed by atoms with E-state index in [1.807, 2.05) is 0 Å². The second-order valence-corrected chi connectivity index (χ2v) is 3.22. The standard InChI is InChI=1S/C10H12ClNO.ClH/c1-2-4-9(12)7-5-3-6-8(11)10(7)13;/h2-3,5-6,9,13H,1,4,12H2;1H/t9-;/m0./s1. The van der Waals surface area contributed by atoms with Crippen LogP contribution in [-0.2, 0) is 0 Å². The maximum atomic E-state index is 9.55. The Hall–Kier alpha value is -0.700. The van der Waals surface area contributed by atoms with Gasteiger partial charge >= 0.3 is 0 Å². The van der Waals surface area contributed by atoms with E-state index in [4.69, 9.17) is 17.3 Å². The second-order valence-electron chi connectivity index (χ2n) is 2.81. The van der Waals surface area contributed by atoms with Crippen molar-refractivity contribution in [2.24, 2.45) is 5.73 Å². The quantitative estimate of drug-likeness (QED) is 0.789. The highest BCUT2D eigenvalue weighted by atomic mass is 35.5. The molecule has 3 N–H and O–H groups in total. The van der Waals surface area contributed by atoms with Crippen LogP contribution in [0.5, 0.6) is 5.75 Å². The van der Waals surface area contributed by atoms with Crippen molar-refractivity contribution in [2.45, 2.75) is 12.5 Å². The van der Waals surface area contributed by atoms with Gasteiger partial charge in [-0.15, -0.1) is 19.0 Å². The molecule has 0 amide bonds. The Bertz CT molecular complexity index is 315. The summed E-state index contributed by atoms with van der Waals surface area (Å²) in [7, 11) is 0. The summed E-state index contributed by atoms with van der Waals surface area (Å²) in [5, 5.41) is 9.88. The largest absolute Gasteiger partial charge is 0.506 e. The molecule has 0 bridgehead atoms. The maximum absolute atomic E-state index is 9.55. The van der Waals surface area contributed by atoms with Crippen molar-refractivity contribution >= 4 is 24.0 Å². The predicted molar refractivity (Wildman–Crippen MR) is 62.1 cm³/mol. The summed E-state index contributed by atoms with van der Waals surface area (Å²) in [5.41, 5.74) is 6.44. The first kappa shape index (κ1) is 13.3. The lowest BCUT2D eigenvalue weighted by Crippen LogP contribution is -2.09. The molecule has 1 rings (SSSR count). The van der Waals surface area contributed by atoms with Crippen molar-refractivity contribution in [1.29, 1.82) is 0 Å². The molecule has 1 aromatic rings. The Labute approximate surface area is 94.8 Å². The Morgan fingerprint density at radius 2 is 2.21 bits per heavy atom. The number of hydrogen-bond acceptors (Lipinski definition) is 2. The molecule has 0 aliphatic heterocycles. The van der Waals surface area contributed by atoms with Crippen LogP contribution in [0.2, 0.25) is 5.02 Å². The van der Waals surface area contributed by atoms with E-state index in [1.165, 1.54) is 0 Å². The lowest BCUT2D eigenvalue weighted by atomic mass is 10.0. The third kappa shape index (κ3) is 2.91. The van der Waals surface area contributed by atoms with Crippen LogP contribution in [-0.4, -0.2) is 5.11 Å². The highest BCUT2D eigenvalue weighted by Crippen LogP contribution is 2.31. The molecule has 0 saturated heterocycles. The Morgan fingerprint density at radius 1 is 1.57 bits per heavy atom. The molecule has 0 heterocycles. The van der Waals surface area contributed by atoms with Crippen LogP contribution in [0.25, 0.3) is 0 Å². The summed E-state index contributed by atoms with van der Waals surface area (Å²) in [6.45, 7) is 3.58. The van der Waals surface area contributed by atoms with E-state index in [0.717, 1.165) is 0 Å². The van der Waals surface area contributed by atoms with E-state index in [1.54, 1.807) is 24.3 Å². The number of nitrogens with two attached hydrogens (primary N) is 1. The monoisotopic (exact) mass is 233 g/mol. The zero-order valence-corrected chi connectivity index (χ0v) is 9.18. The van der Waals surface area contributed by atoms with Crippen LogP contribution in [0, 0.1) is 0 Å². The SMILES string of the molecule is C=CC[C@H](N)c1cccc(Cl)c1O.Cl.